The highest BCUT2D eigenvalue weighted by Crippen LogP contribution is 2.13. The van der Waals surface area contributed by atoms with Crippen molar-refractivity contribution < 1.29 is 4.79 Å². The molecule has 1 amide bonds. The molecule has 1 aromatic rings. The van der Waals surface area contributed by atoms with Gasteiger partial charge in [-0.1, -0.05) is 0 Å². The maximum atomic E-state index is 11.6. The topological polar surface area (TPSA) is 45.6 Å². The predicted octanol–water partition coefficient (Wildman–Crippen LogP) is 1.88. The molecule has 0 fully saturated rings. The van der Waals surface area contributed by atoms with Crippen LogP contribution in [0.5, 0.6) is 0 Å². The number of carbonyl (C=O) groups is 1. The van der Waals surface area contributed by atoms with Crippen molar-refractivity contribution in [3.8, 4) is 0 Å². The summed E-state index contributed by atoms with van der Waals surface area (Å²) >= 11 is 3.29. The van der Waals surface area contributed by atoms with Crippen molar-refractivity contribution in [3.05, 3.63) is 28.0 Å². The smallest absolute Gasteiger partial charge is 0.297 e. The number of hydrogen-bond donors (Lipinski definition) is 0. The van der Waals surface area contributed by atoms with E-state index < -0.39 is 0 Å². The molecule has 0 N–H and O–H groups in total. The minimum absolute atomic E-state index is 0.325. The van der Waals surface area contributed by atoms with Crippen LogP contribution in [0.3, 0.4) is 0 Å². The van der Waals surface area contributed by atoms with Crippen molar-refractivity contribution in [1.29, 1.82) is 0 Å². The second-order valence-electron chi connectivity index (χ2n) is 3.33. The van der Waals surface area contributed by atoms with Gasteiger partial charge in [-0.05, 0) is 34.5 Å². The Morgan fingerprint density at radius 3 is 2.80 bits per heavy atom. The molecule has 1 rings (SSSR count). The molecule has 0 saturated carbocycles. The van der Waals surface area contributed by atoms with Crippen molar-refractivity contribution in [2.24, 2.45) is 4.99 Å². The molecule has 80 valence electrons. The maximum absolute atomic E-state index is 11.6. The highest BCUT2D eigenvalue weighted by molar-refractivity contribution is 9.10. The number of aromatic nitrogens is 1. The van der Waals surface area contributed by atoms with Crippen LogP contribution in [0.25, 0.3) is 0 Å². The fourth-order valence-electron chi connectivity index (χ4n) is 0.993. The zero-order valence-corrected chi connectivity index (χ0v) is 10.4. The van der Waals surface area contributed by atoms with Crippen LogP contribution in [0, 0.1) is 6.92 Å². The minimum atomic E-state index is -0.325. The van der Waals surface area contributed by atoms with Crippen molar-refractivity contribution >= 4 is 28.2 Å². The highest BCUT2D eigenvalue weighted by atomic mass is 79.9. The molecule has 5 heteroatoms. The lowest BCUT2D eigenvalue weighted by Crippen LogP contribution is -2.11. The van der Waals surface area contributed by atoms with Gasteiger partial charge in [0, 0.05) is 24.8 Å². The Morgan fingerprint density at radius 2 is 2.27 bits per heavy atom. The number of aliphatic imine (C=N–C) groups is 1. The SMILES string of the molecule is Cc1cc(Br)cnc1C(=O)N=CN(C)C. The minimum Gasteiger partial charge on any atom is -0.369 e. The van der Waals surface area contributed by atoms with E-state index in [-0.39, 0.29) is 5.91 Å². The normalized spacial score (nSPS) is 10.7. The molecule has 4 nitrogen and oxygen atoms in total. The van der Waals surface area contributed by atoms with Gasteiger partial charge in [-0.2, -0.15) is 4.99 Å². The Labute approximate surface area is 97.2 Å². The maximum Gasteiger partial charge on any atom is 0.297 e. The van der Waals surface area contributed by atoms with Gasteiger partial charge in [0.05, 0.1) is 6.34 Å². The molecule has 1 heterocycles. The second kappa shape index (κ2) is 5.02. The lowest BCUT2D eigenvalue weighted by atomic mass is 10.2. The summed E-state index contributed by atoms with van der Waals surface area (Å²) in [5.41, 5.74) is 1.20. The van der Waals surface area contributed by atoms with Gasteiger partial charge in [0.15, 0.2) is 0 Å². The molecule has 0 aliphatic rings. The Bertz CT molecular complexity index is 402. The summed E-state index contributed by atoms with van der Waals surface area (Å²) in [4.78, 5) is 21.1. The first-order chi connectivity index (χ1) is 7.00. The zero-order valence-electron chi connectivity index (χ0n) is 8.86. The Hall–Kier alpha value is -1.23. The average Bonchev–Trinajstić information content (AvgIpc) is 2.14. The molecule has 0 aliphatic carbocycles. The van der Waals surface area contributed by atoms with E-state index in [1.165, 1.54) is 6.34 Å². The molecule has 15 heavy (non-hydrogen) atoms. The Kier molecular flexibility index (Phi) is 3.96. The van der Waals surface area contributed by atoms with Crippen molar-refractivity contribution in [2.45, 2.75) is 6.92 Å². The Balaban J connectivity index is 2.92. The van der Waals surface area contributed by atoms with Crippen molar-refractivity contribution in [3.63, 3.8) is 0 Å². The van der Waals surface area contributed by atoms with E-state index in [1.807, 2.05) is 13.0 Å². The van der Waals surface area contributed by atoms with Crippen LogP contribution < -0.4 is 0 Å². The van der Waals surface area contributed by atoms with Gasteiger partial charge >= 0.3 is 0 Å². The van der Waals surface area contributed by atoms with Crippen LogP contribution in [-0.4, -0.2) is 36.2 Å². The molecule has 0 radical (unpaired) electrons. The molecule has 0 aliphatic heterocycles. The summed E-state index contributed by atoms with van der Waals surface area (Å²) in [7, 11) is 3.61. The van der Waals surface area contributed by atoms with Gasteiger partial charge < -0.3 is 4.90 Å². The van der Waals surface area contributed by atoms with Crippen LogP contribution in [0.1, 0.15) is 16.1 Å². The standard InChI is InChI=1S/C10H12BrN3O/c1-7-4-8(11)5-12-9(7)10(15)13-6-14(2)3/h4-6H,1-3H3. The molecule has 1 aromatic heterocycles. The van der Waals surface area contributed by atoms with Crippen LogP contribution in [0.15, 0.2) is 21.7 Å². The van der Waals surface area contributed by atoms with Crippen LogP contribution >= 0.6 is 15.9 Å². The number of rotatable bonds is 2. The molecule has 0 bridgehead atoms. The highest BCUT2D eigenvalue weighted by Gasteiger charge is 2.08. The van der Waals surface area contributed by atoms with Gasteiger partial charge in [-0.15, -0.1) is 0 Å². The Morgan fingerprint density at radius 1 is 1.60 bits per heavy atom. The number of nitrogens with zero attached hydrogens (tertiary/aromatic N) is 3. The van der Waals surface area contributed by atoms with E-state index in [1.54, 1.807) is 25.2 Å². The van der Waals surface area contributed by atoms with E-state index in [2.05, 4.69) is 25.9 Å². The summed E-state index contributed by atoms with van der Waals surface area (Å²) < 4.78 is 0.855. The number of carbonyl (C=O) groups excluding carboxylic acids is 1. The second-order valence-corrected chi connectivity index (χ2v) is 4.25. The zero-order chi connectivity index (χ0) is 11.4. The monoisotopic (exact) mass is 269 g/mol. The van der Waals surface area contributed by atoms with E-state index >= 15 is 0 Å². The van der Waals surface area contributed by atoms with E-state index in [0.29, 0.717) is 5.69 Å². The number of halogens is 1. The van der Waals surface area contributed by atoms with Gasteiger partial charge in [-0.3, -0.25) is 4.79 Å². The van der Waals surface area contributed by atoms with Crippen LogP contribution in [0.4, 0.5) is 0 Å². The van der Waals surface area contributed by atoms with Gasteiger partial charge in [0.2, 0.25) is 0 Å². The van der Waals surface area contributed by atoms with Crippen molar-refractivity contribution in [1.82, 2.24) is 9.88 Å². The third-order valence-electron chi connectivity index (χ3n) is 1.65. The largest absolute Gasteiger partial charge is 0.369 e. The van der Waals surface area contributed by atoms with Crippen molar-refractivity contribution in [2.75, 3.05) is 14.1 Å². The number of amides is 1. The third-order valence-corrected chi connectivity index (χ3v) is 2.09. The summed E-state index contributed by atoms with van der Waals surface area (Å²) in [5, 5.41) is 0. The molecule has 0 spiro atoms. The fraction of sp³-hybridized carbons (Fsp3) is 0.300. The first kappa shape index (κ1) is 11.8. The first-order valence-electron chi connectivity index (χ1n) is 4.38. The lowest BCUT2D eigenvalue weighted by Gasteiger charge is -2.03. The third kappa shape index (κ3) is 3.43. The quantitative estimate of drug-likeness (QED) is 0.609. The summed E-state index contributed by atoms with van der Waals surface area (Å²) in [6.07, 6.45) is 3.05. The molecule has 0 aromatic carbocycles. The van der Waals surface area contributed by atoms with Crippen LogP contribution in [0.2, 0.25) is 0 Å². The fourth-order valence-corrected chi connectivity index (χ4v) is 1.44. The van der Waals surface area contributed by atoms with Gasteiger partial charge in [-0.25, -0.2) is 4.98 Å². The lowest BCUT2D eigenvalue weighted by molar-refractivity contribution is 0.0997. The molecular formula is C10H12BrN3O. The first-order valence-corrected chi connectivity index (χ1v) is 5.17. The van der Waals surface area contributed by atoms with Gasteiger partial charge in [0.25, 0.3) is 5.91 Å². The van der Waals surface area contributed by atoms with E-state index in [4.69, 9.17) is 0 Å². The van der Waals surface area contributed by atoms with Gasteiger partial charge in [0.1, 0.15) is 5.69 Å². The molecule has 0 unspecified atom stereocenters. The predicted molar refractivity (Wildman–Crippen MR) is 63.2 cm³/mol. The molecule has 0 saturated heterocycles. The summed E-state index contributed by atoms with van der Waals surface area (Å²) in [6, 6.07) is 1.84. The molecular weight excluding hydrogens is 258 g/mol. The van der Waals surface area contributed by atoms with E-state index in [9.17, 15) is 4.79 Å². The number of aryl methyl sites for hydroxylation is 1. The number of pyridine rings is 1. The summed E-state index contributed by atoms with van der Waals surface area (Å²) in [5.74, 6) is -0.325. The molecule has 0 atom stereocenters. The summed E-state index contributed by atoms with van der Waals surface area (Å²) in [6.45, 7) is 1.83. The van der Waals surface area contributed by atoms with E-state index in [0.717, 1.165) is 10.0 Å². The average molecular weight is 270 g/mol. The number of hydrogen-bond acceptors (Lipinski definition) is 2. The van der Waals surface area contributed by atoms with Crippen LogP contribution in [-0.2, 0) is 0 Å².